The lowest BCUT2D eigenvalue weighted by molar-refractivity contribution is 0.744. The third-order valence-electron chi connectivity index (χ3n) is 3.21. The molecule has 102 valence electrons. The van der Waals surface area contributed by atoms with E-state index in [1.165, 1.54) is 0 Å². The zero-order chi connectivity index (χ0) is 13.9. The second kappa shape index (κ2) is 5.59. The first kappa shape index (κ1) is 13.1. The summed E-state index contributed by atoms with van der Waals surface area (Å²) < 4.78 is 2.12. The molecule has 0 N–H and O–H groups in total. The fourth-order valence-corrected chi connectivity index (χ4v) is 2.39. The summed E-state index contributed by atoms with van der Waals surface area (Å²) in [6, 6.07) is 7.98. The Morgan fingerprint density at radius 2 is 2.10 bits per heavy atom. The fourth-order valence-electron chi connectivity index (χ4n) is 2.22. The number of hydrogen-bond donors (Lipinski definition) is 0. The van der Waals surface area contributed by atoms with Gasteiger partial charge in [-0.2, -0.15) is 0 Å². The minimum Gasteiger partial charge on any atom is -0.308 e. The van der Waals surface area contributed by atoms with Crippen LogP contribution in [0.3, 0.4) is 0 Å². The Bertz CT molecular complexity index is 718. The minimum atomic E-state index is 0.551. The molecule has 3 rings (SSSR count). The SMILES string of the molecule is Cc1ccc(Cn2c(CCCl)nc3cccnc32)cn1. The molecule has 4 nitrogen and oxygen atoms in total. The van der Waals surface area contributed by atoms with Crippen LogP contribution in [-0.2, 0) is 13.0 Å². The maximum absolute atomic E-state index is 5.87. The quantitative estimate of drug-likeness (QED) is 0.693. The first-order valence-electron chi connectivity index (χ1n) is 6.55. The second-order valence-corrected chi connectivity index (χ2v) is 5.09. The standard InChI is InChI=1S/C15H15ClN4/c1-11-4-5-12(9-18-11)10-20-14(6-7-16)19-13-3-2-8-17-15(13)20/h2-5,8-9H,6-7,10H2,1H3. The molecule has 0 fully saturated rings. The van der Waals surface area contributed by atoms with Crippen molar-refractivity contribution in [2.75, 3.05) is 5.88 Å². The highest BCUT2D eigenvalue weighted by atomic mass is 35.5. The van der Waals surface area contributed by atoms with Crippen molar-refractivity contribution < 1.29 is 0 Å². The number of alkyl halides is 1. The summed E-state index contributed by atoms with van der Waals surface area (Å²) >= 11 is 5.87. The molecule has 0 radical (unpaired) electrons. The van der Waals surface area contributed by atoms with Gasteiger partial charge < -0.3 is 4.57 Å². The van der Waals surface area contributed by atoms with Crippen molar-refractivity contribution in [3.63, 3.8) is 0 Å². The second-order valence-electron chi connectivity index (χ2n) is 4.71. The molecule has 0 spiro atoms. The lowest BCUT2D eigenvalue weighted by Crippen LogP contribution is -2.07. The van der Waals surface area contributed by atoms with E-state index in [0.29, 0.717) is 12.4 Å². The molecule has 0 atom stereocenters. The van der Waals surface area contributed by atoms with Crippen LogP contribution in [0.5, 0.6) is 0 Å². The Labute approximate surface area is 122 Å². The molecule has 20 heavy (non-hydrogen) atoms. The topological polar surface area (TPSA) is 43.6 Å². The number of nitrogens with zero attached hydrogens (tertiary/aromatic N) is 4. The molecule has 3 aromatic heterocycles. The molecule has 0 amide bonds. The van der Waals surface area contributed by atoms with Gasteiger partial charge in [0.05, 0.1) is 6.54 Å². The van der Waals surface area contributed by atoms with Gasteiger partial charge in [0.1, 0.15) is 11.3 Å². The van der Waals surface area contributed by atoms with Gasteiger partial charge >= 0.3 is 0 Å². The first-order chi connectivity index (χ1) is 9.78. The normalized spacial score (nSPS) is 11.1. The maximum atomic E-state index is 5.87. The van der Waals surface area contributed by atoms with Crippen molar-refractivity contribution in [1.29, 1.82) is 0 Å². The van der Waals surface area contributed by atoms with Gasteiger partial charge in [-0.3, -0.25) is 4.98 Å². The highest BCUT2D eigenvalue weighted by molar-refractivity contribution is 6.17. The van der Waals surface area contributed by atoms with Gasteiger partial charge in [0.15, 0.2) is 5.65 Å². The summed E-state index contributed by atoms with van der Waals surface area (Å²) in [5.74, 6) is 1.52. The van der Waals surface area contributed by atoms with Crippen LogP contribution in [0, 0.1) is 6.92 Å². The smallest absolute Gasteiger partial charge is 0.160 e. The largest absolute Gasteiger partial charge is 0.308 e. The Balaban J connectivity index is 2.04. The highest BCUT2D eigenvalue weighted by Gasteiger charge is 2.11. The van der Waals surface area contributed by atoms with E-state index in [1.807, 2.05) is 31.3 Å². The third kappa shape index (κ3) is 2.51. The Morgan fingerprint density at radius 3 is 2.85 bits per heavy atom. The fraction of sp³-hybridized carbons (Fsp3) is 0.267. The van der Waals surface area contributed by atoms with Gasteiger partial charge in [-0.1, -0.05) is 6.07 Å². The van der Waals surface area contributed by atoms with E-state index >= 15 is 0 Å². The van der Waals surface area contributed by atoms with Crippen molar-refractivity contribution >= 4 is 22.8 Å². The van der Waals surface area contributed by atoms with E-state index in [2.05, 4.69) is 25.6 Å². The number of aryl methyl sites for hydroxylation is 2. The van der Waals surface area contributed by atoms with Gasteiger partial charge in [-0.05, 0) is 30.7 Å². The highest BCUT2D eigenvalue weighted by Crippen LogP contribution is 2.16. The molecular formula is C15H15ClN4. The van der Waals surface area contributed by atoms with E-state index in [9.17, 15) is 0 Å². The molecular weight excluding hydrogens is 272 g/mol. The molecule has 0 saturated heterocycles. The third-order valence-corrected chi connectivity index (χ3v) is 3.40. The number of fused-ring (bicyclic) bond motifs is 1. The Hall–Kier alpha value is -1.94. The summed E-state index contributed by atoms with van der Waals surface area (Å²) in [5.41, 5.74) is 3.96. The van der Waals surface area contributed by atoms with Crippen LogP contribution in [0.1, 0.15) is 17.1 Å². The average Bonchev–Trinajstić information content (AvgIpc) is 2.80. The lowest BCUT2D eigenvalue weighted by Gasteiger charge is -2.08. The molecule has 5 heteroatoms. The van der Waals surface area contributed by atoms with Crippen LogP contribution < -0.4 is 0 Å². The molecule has 3 aromatic rings. The summed E-state index contributed by atoms with van der Waals surface area (Å²) in [7, 11) is 0. The summed E-state index contributed by atoms with van der Waals surface area (Å²) in [5, 5.41) is 0. The van der Waals surface area contributed by atoms with Crippen LogP contribution in [0.4, 0.5) is 0 Å². The molecule has 0 aliphatic rings. The summed E-state index contributed by atoms with van der Waals surface area (Å²) in [6.45, 7) is 2.70. The number of rotatable bonds is 4. The average molecular weight is 287 g/mol. The van der Waals surface area contributed by atoms with Crippen molar-refractivity contribution in [2.45, 2.75) is 19.9 Å². The van der Waals surface area contributed by atoms with Crippen molar-refractivity contribution in [1.82, 2.24) is 19.5 Å². The summed E-state index contributed by atoms with van der Waals surface area (Å²) in [6.07, 6.45) is 4.42. The van der Waals surface area contributed by atoms with E-state index in [4.69, 9.17) is 11.6 Å². The minimum absolute atomic E-state index is 0.551. The van der Waals surface area contributed by atoms with E-state index < -0.39 is 0 Å². The van der Waals surface area contributed by atoms with Crippen molar-refractivity contribution in [3.8, 4) is 0 Å². The van der Waals surface area contributed by atoms with Crippen molar-refractivity contribution in [2.24, 2.45) is 0 Å². The number of imidazole rings is 1. The molecule has 0 saturated carbocycles. The predicted octanol–water partition coefficient (Wildman–Crippen LogP) is 2.96. The molecule has 0 bridgehead atoms. The van der Waals surface area contributed by atoms with Gasteiger partial charge in [0.25, 0.3) is 0 Å². The molecule has 0 aliphatic carbocycles. The van der Waals surface area contributed by atoms with E-state index in [0.717, 1.165) is 34.7 Å². The Morgan fingerprint density at radius 1 is 1.20 bits per heavy atom. The predicted molar refractivity (Wildman–Crippen MR) is 80.0 cm³/mol. The number of pyridine rings is 2. The van der Waals surface area contributed by atoms with Gasteiger partial charge in [-0.25, -0.2) is 9.97 Å². The number of aromatic nitrogens is 4. The van der Waals surface area contributed by atoms with Crippen LogP contribution in [0.2, 0.25) is 0 Å². The van der Waals surface area contributed by atoms with E-state index in [1.54, 1.807) is 6.20 Å². The molecule has 0 aromatic carbocycles. The van der Waals surface area contributed by atoms with Gasteiger partial charge in [-0.15, -0.1) is 11.6 Å². The van der Waals surface area contributed by atoms with Crippen LogP contribution in [0.15, 0.2) is 36.7 Å². The number of hydrogen-bond acceptors (Lipinski definition) is 3. The molecule has 0 unspecified atom stereocenters. The van der Waals surface area contributed by atoms with Gasteiger partial charge in [0.2, 0.25) is 0 Å². The van der Waals surface area contributed by atoms with Crippen LogP contribution >= 0.6 is 11.6 Å². The maximum Gasteiger partial charge on any atom is 0.160 e. The van der Waals surface area contributed by atoms with Crippen LogP contribution in [-0.4, -0.2) is 25.4 Å². The number of halogens is 1. The molecule has 3 heterocycles. The molecule has 0 aliphatic heterocycles. The summed E-state index contributed by atoms with van der Waals surface area (Å²) in [4.78, 5) is 13.4. The van der Waals surface area contributed by atoms with Crippen LogP contribution in [0.25, 0.3) is 11.2 Å². The zero-order valence-electron chi connectivity index (χ0n) is 11.3. The Kier molecular flexibility index (Phi) is 3.65. The zero-order valence-corrected chi connectivity index (χ0v) is 12.0. The van der Waals surface area contributed by atoms with Gasteiger partial charge in [0, 0.05) is 30.4 Å². The van der Waals surface area contributed by atoms with E-state index in [-0.39, 0.29) is 0 Å². The monoisotopic (exact) mass is 286 g/mol. The van der Waals surface area contributed by atoms with Crippen molar-refractivity contribution in [3.05, 3.63) is 53.7 Å². The lowest BCUT2D eigenvalue weighted by atomic mass is 10.2. The first-order valence-corrected chi connectivity index (χ1v) is 7.09.